The maximum atomic E-state index is 12.9. The van der Waals surface area contributed by atoms with E-state index < -0.39 is 24.0 Å². The summed E-state index contributed by atoms with van der Waals surface area (Å²) in [5.41, 5.74) is 4.70. The quantitative estimate of drug-likeness (QED) is 0.401. The number of nitrogens with one attached hydrogen (secondary N) is 2. The van der Waals surface area contributed by atoms with E-state index in [0.717, 1.165) is 22.3 Å². The summed E-state index contributed by atoms with van der Waals surface area (Å²) in [4.78, 5) is 36.7. The highest BCUT2D eigenvalue weighted by atomic mass is 35.5. The van der Waals surface area contributed by atoms with Crippen LogP contribution in [0.1, 0.15) is 41.3 Å². The highest BCUT2D eigenvalue weighted by Crippen LogP contribution is 2.44. The lowest BCUT2D eigenvalue weighted by Gasteiger charge is -2.22. The van der Waals surface area contributed by atoms with Gasteiger partial charge in [-0.2, -0.15) is 0 Å². The Morgan fingerprint density at radius 2 is 1.57 bits per heavy atom. The molecule has 3 aromatic rings. The molecule has 1 atom stereocenters. The molecule has 4 rings (SSSR count). The number of hydrogen-bond acceptors (Lipinski definition) is 4. The van der Waals surface area contributed by atoms with Gasteiger partial charge in [0.25, 0.3) is 0 Å². The highest BCUT2D eigenvalue weighted by Gasteiger charge is 2.30. The third-order valence-electron chi connectivity index (χ3n) is 6.04. The number of hydrogen-bond donors (Lipinski definition) is 3. The molecule has 3 N–H and O–H groups in total. The van der Waals surface area contributed by atoms with Crippen LogP contribution in [0.3, 0.4) is 0 Å². The van der Waals surface area contributed by atoms with Crippen LogP contribution in [0.25, 0.3) is 11.1 Å². The van der Waals surface area contributed by atoms with E-state index in [2.05, 4.69) is 22.8 Å². The Balaban J connectivity index is 1.42. The fourth-order valence-electron chi connectivity index (χ4n) is 4.26. The number of amides is 2. The summed E-state index contributed by atoms with van der Waals surface area (Å²) in [5.74, 6) is -1.95. The van der Waals surface area contributed by atoms with Crippen LogP contribution in [0.4, 0.5) is 10.5 Å². The SMILES string of the molecule is CC(C)[C@H](NC(=O)OCC1c2ccccc2-c2ccccc21)C(=O)Nc1ccc(C(=O)O)cc1Cl. The number of carbonyl (C=O) groups excluding carboxylic acids is 2. The number of carboxylic acid groups (broad SMARTS) is 1. The van der Waals surface area contributed by atoms with Gasteiger partial charge in [-0.25, -0.2) is 9.59 Å². The Morgan fingerprint density at radius 3 is 2.11 bits per heavy atom. The number of carboxylic acids is 1. The molecule has 0 spiro atoms. The molecule has 0 unspecified atom stereocenters. The van der Waals surface area contributed by atoms with Crippen molar-refractivity contribution < 1.29 is 24.2 Å². The number of halogens is 1. The third kappa shape index (κ3) is 5.15. The van der Waals surface area contributed by atoms with Crippen molar-refractivity contribution in [2.75, 3.05) is 11.9 Å². The van der Waals surface area contributed by atoms with Crippen molar-refractivity contribution in [2.45, 2.75) is 25.8 Å². The molecule has 1 aliphatic carbocycles. The molecule has 7 nitrogen and oxygen atoms in total. The highest BCUT2D eigenvalue weighted by molar-refractivity contribution is 6.34. The van der Waals surface area contributed by atoms with Crippen LogP contribution in [0, 0.1) is 5.92 Å². The number of aromatic carboxylic acids is 1. The molecule has 0 aliphatic heterocycles. The lowest BCUT2D eigenvalue weighted by Crippen LogP contribution is -2.47. The molecule has 8 heteroatoms. The van der Waals surface area contributed by atoms with Gasteiger partial charge in [0, 0.05) is 5.92 Å². The molecule has 1 aliphatic rings. The second-order valence-corrected chi connectivity index (χ2v) is 9.09. The van der Waals surface area contributed by atoms with Gasteiger partial charge >= 0.3 is 12.1 Å². The first-order valence-electron chi connectivity index (χ1n) is 11.2. The number of ether oxygens (including phenoxy) is 1. The summed E-state index contributed by atoms with van der Waals surface area (Å²) in [5, 5.41) is 14.5. The Bertz CT molecular complexity index is 1240. The van der Waals surface area contributed by atoms with Gasteiger partial charge in [-0.3, -0.25) is 4.79 Å². The molecule has 0 aromatic heterocycles. The summed E-state index contributed by atoms with van der Waals surface area (Å²) < 4.78 is 5.57. The second kappa shape index (κ2) is 10.2. The summed E-state index contributed by atoms with van der Waals surface area (Å²) in [6, 6.07) is 19.2. The maximum absolute atomic E-state index is 12.9. The van der Waals surface area contributed by atoms with E-state index in [9.17, 15) is 14.4 Å². The molecule has 0 fully saturated rings. The largest absolute Gasteiger partial charge is 0.478 e. The first-order chi connectivity index (χ1) is 16.8. The van der Waals surface area contributed by atoms with Crippen molar-refractivity contribution in [1.82, 2.24) is 5.32 Å². The topological polar surface area (TPSA) is 105 Å². The van der Waals surface area contributed by atoms with Crippen LogP contribution < -0.4 is 10.6 Å². The predicted molar refractivity (Wildman–Crippen MR) is 134 cm³/mol. The molecule has 0 heterocycles. The van der Waals surface area contributed by atoms with E-state index in [1.54, 1.807) is 13.8 Å². The van der Waals surface area contributed by atoms with E-state index in [4.69, 9.17) is 21.4 Å². The molecule has 0 bridgehead atoms. The Kier molecular flexibility index (Phi) is 7.07. The van der Waals surface area contributed by atoms with Crippen LogP contribution in [-0.2, 0) is 9.53 Å². The number of anilines is 1. The molecule has 0 radical (unpaired) electrons. The first-order valence-corrected chi connectivity index (χ1v) is 11.6. The minimum Gasteiger partial charge on any atom is -0.478 e. The molecular formula is C27H25ClN2O5. The molecule has 35 heavy (non-hydrogen) atoms. The fraction of sp³-hybridized carbons (Fsp3) is 0.222. The molecule has 0 saturated carbocycles. The van der Waals surface area contributed by atoms with Crippen LogP contribution in [0.5, 0.6) is 0 Å². The second-order valence-electron chi connectivity index (χ2n) is 8.68. The zero-order valence-electron chi connectivity index (χ0n) is 19.2. The van der Waals surface area contributed by atoms with E-state index in [-0.39, 0.29) is 34.7 Å². The standard InChI is InChI=1S/C27H25ClN2O5/c1-15(2)24(25(31)29-23-12-11-16(26(32)33)13-22(23)28)30-27(34)35-14-21-19-9-5-3-7-17(19)18-8-4-6-10-20(18)21/h3-13,15,21,24H,14H2,1-2H3,(H,29,31)(H,30,34)(H,32,33)/t24-/m0/s1. The van der Waals surface area contributed by atoms with Crippen molar-refractivity contribution in [2.24, 2.45) is 5.92 Å². The van der Waals surface area contributed by atoms with Crippen LogP contribution in [-0.4, -0.2) is 35.7 Å². The van der Waals surface area contributed by atoms with E-state index >= 15 is 0 Å². The number of fused-ring (bicyclic) bond motifs is 3. The van der Waals surface area contributed by atoms with Crippen molar-refractivity contribution in [3.8, 4) is 11.1 Å². The third-order valence-corrected chi connectivity index (χ3v) is 6.35. The minimum atomic E-state index is -1.12. The summed E-state index contributed by atoms with van der Waals surface area (Å²) in [6.07, 6.45) is -0.701. The van der Waals surface area contributed by atoms with Crippen LogP contribution >= 0.6 is 11.6 Å². The van der Waals surface area contributed by atoms with Gasteiger partial charge in [0.1, 0.15) is 12.6 Å². The van der Waals surface area contributed by atoms with E-state index in [0.29, 0.717) is 0 Å². The van der Waals surface area contributed by atoms with Gasteiger partial charge in [0.05, 0.1) is 16.3 Å². The molecule has 0 saturated heterocycles. The predicted octanol–water partition coefficient (Wildman–Crippen LogP) is 5.54. The molecule has 2 amide bonds. The van der Waals surface area contributed by atoms with Gasteiger partial charge in [-0.05, 0) is 46.4 Å². The summed E-state index contributed by atoms with van der Waals surface area (Å²) in [6.45, 7) is 3.72. The minimum absolute atomic E-state index is 0.00479. The van der Waals surface area contributed by atoms with Gasteiger partial charge in [0.2, 0.25) is 5.91 Å². The average molecular weight is 493 g/mol. The molecular weight excluding hydrogens is 468 g/mol. The zero-order chi connectivity index (χ0) is 25.1. The van der Waals surface area contributed by atoms with Gasteiger partial charge in [-0.15, -0.1) is 0 Å². The monoisotopic (exact) mass is 492 g/mol. The molecule has 3 aromatic carbocycles. The Labute approximate surface area is 208 Å². The smallest absolute Gasteiger partial charge is 0.407 e. The summed E-state index contributed by atoms with van der Waals surface area (Å²) in [7, 11) is 0. The van der Waals surface area contributed by atoms with Crippen LogP contribution in [0.2, 0.25) is 5.02 Å². The summed E-state index contributed by atoms with van der Waals surface area (Å²) >= 11 is 6.12. The number of benzene rings is 3. The van der Waals surface area contributed by atoms with Gasteiger partial charge < -0.3 is 20.5 Å². The van der Waals surface area contributed by atoms with Crippen molar-refractivity contribution in [3.63, 3.8) is 0 Å². The van der Waals surface area contributed by atoms with Gasteiger partial charge in [0.15, 0.2) is 0 Å². The molecule has 180 valence electrons. The fourth-order valence-corrected chi connectivity index (χ4v) is 4.49. The van der Waals surface area contributed by atoms with Crippen molar-refractivity contribution in [1.29, 1.82) is 0 Å². The zero-order valence-corrected chi connectivity index (χ0v) is 20.0. The van der Waals surface area contributed by atoms with Gasteiger partial charge in [-0.1, -0.05) is 74.0 Å². The number of rotatable bonds is 7. The maximum Gasteiger partial charge on any atom is 0.407 e. The Hall–Kier alpha value is -3.84. The lowest BCUT2D eigenvalue weighted by atomic mass is 9.98. The van der Waals surface area contributed by atoms with E-state index in [1.807, 2.05) is 36.4 Å². The van der Waals surface area contributed by atoms with Crippen molar-refractivity contribution >= 4 is 35.3 Å². The van der Waals surface area contributed by atoms with Crippen molar-refractivity contribution in [3.05, 3.63) is 88.4 Å². The van der Waals surface area contributed by atoms with E-state index in [1.165, 1.54) is 18.2 Å². The normalized spacial score (nSPS) is 13.0. The number of carbonyl (C=O) groups is 3. The van der Waals surface area contributed by atoms with Crippen LogP contribution in [0.15, 0.2) is 66.7 Å². The lowest BCUT2D eigenvalue weighted by molar-refractivity contribution is -0.119. The average Bonchev–Trinajstić information content (AvgIpc) is 3.15. The Morgan fingerprint density at radius 1 is 0.971 bits per heavy atom. The number of alkyl carbamates (subject to hydrolysis) is 1. The first kappa shape index (κ1) is 24.3.